The van der Waals surface area contributed by atoms with Crippen LogP contribution in [-0.2, 0) is 9.59 Å². The van der Waals surface area contributed by atoms with Gasteiger partial charge in [0.05, 0.1) is 5.25 Å². The zero-order chi connectivity index (χ0) is 18.4. The van der Waals surface area contributed by atoms with E-state index in [-0.39, 0.29) is 29.1 Å². The highest BCUT2D eigenvalue weighted by Crippen LogP contribution is 1.95. The Bertz CT molecular complexity index is 357. The molecule has 9 heteroatoms. The van der Waals surface area contributed by atoms with Crippen molar-refractivity contribution in [2.75, 3.05) is 32.7 Å². The van der Waals surface area contributed by atoms with E-state index in [0.29, 0.717) is 45.6 Å². The van der Waals surface area contributed by atoms with Gasteiger partial charge >= 0.3 is 0 Å². The van der Waals surface area contributed by atoms with Crippen LogP contribution >= 0.6 is 12.6 Å². The zero-order valence-electron chi connectivity index (χ0n) is 14.6. The molecule has 0 aromatic carbocycles. The standard InChI is InChI=1S/C15H34N6O2S/c1-11(24)15(23)21-10-13(4-7-17)19-8-5-14(22)20-9-12(18)3-2-6-16/h11-13,19,24H,2-10,16-18H2,1H3,(H,20,22)(H,21,23)/t11?,12-,13+/m1/s1. The maximum Gasteiger partial charge on any atom is 0.232 e. The number of amides is 2. The molecule has 0 aliphatic rings. The second kappa shape index (κ2) is 14.5. The Morgan fingerprint density at radius 1 is 1.08 bits per heavy atom. The van der Waals surface area contributed by atoms with Gasteiger partial charge in [-0.15, -0.1) is 0 Å². The Hall–Kier alpha value is -0.870. The van der Waals surface area contributed by atoms with Gasteiger partial charge in [-0.2, -0.15) is 12.6 Å². The number of nitrogens with two attached hydrogens (primary N) is 3. The van der Waals surface area contributed by atoms with Crippen molar-refractivity contribution in [2.45, 2.75) is 49.9 Å². The first-order chi connectivity index (χ1) is 11.4. The second-order valence-corrected chi connectivity index (χ2v) is 6.67. The Labute approximate surface area is 150 Å². The topological polar surface area (TPSA) is 148 Å². The summed E-state index contributed by atoms with van der Waals surface area (Å²) >= 11 is 4.08. The van der Waals surface area contributed by atoms with Crippen LogP contribution in [0.4, 0.5) is 0 Å². The molecule has 1 unspecified atom stereocenters. The number of hydrogen-bond donors (Lipinski definition) is 7. The van der Waals surface area contributed by atoms with Crippen LogP contribution in [0.1, 0.15) is 32.6 Å². The Kier molecular flexibility index (Phi) is 13.9. The quantitative estimate of drug-likeness (QED) is 0.183. The summed E-state index contributed by atoms with van der Waals surface area (Å²) in [6, 6.07) is -0.0282. The Balaban J connectivity index is 3.92. The lowest BCUT2D eigenvalue weighted by Gasteiger charge is -2.19. The SMILES string of the molecule is CC(S)C(=O)NC[C@H](CCN)NCCC(=O)NC[C@H](N)CCCN. The molecule has 0 saturated carbocycles. The average Bonchev–Trinajstić information content (AvgIpc) is 2.55. The van der Waals surface area contributed by atoms with Crippen molar-refractivity contribution >= 4 is 24.4 Å². The molecule has 142 valence electrons. The molecule has 0 spiro atoms. The van der Waals surface area contributed by atoms with Crippen LogP contribution in [0.2, 0.25) is 0 Å². The third-order valence-electron chi connectivity index (χ3n) is 3.54. The van der Waals surface area contributed by atoms with Gasteiger partial charge in [0.15, 0.2) is 0 Å². The third-order valence-corrected chi connectivity index (χ3v) is 3.78. The fourth-order valence-electron chi connectivity index (χ4n) is 2.05. The van der Waals surface area contributed by atoms with Crippen LogP contribution in [0.25, 0.3) is 0 Å². The lowest BCUT2D eigenvalue weighted by molar-refractivity contribution is -0.121. The molecule has 8 nitrogen and oxygen atoms in total. The molecular weight excluding hydrogens is 328 g/mol. The summed E-state index contributed by atoms with van der Waals surface area (Å²) in [5.41, 5.74) is 16.9. The van der Waals surface area contributed by atoms with E-state index in [1.165, 1.54) is 0 Å². The molecule has 9 N–H and O–H groups in total. The monoisotopic (exact) mass is 362 g/mol. The van der Waals surface area contributed by atoms with Gasteiger partial charge in [-0.3, -0.25) is 9.59 Å². The number of carbonyl (C=O) groups excluding carboxylic acids is 2. The summed E-state index contributed by atoms with van der Waals surface area (Å²) in [5.74, 6) is -0.170. The van der Waals surface area contributed by atoms with E-state index in [0.717, 1.165) is 12.8 Å². The largest absolute Gasteiger partial charge is 0.355 e. The number of nitrogens with one attached hydrogen (secondary N) is 3. The number of rotatable bonds is 14. The first-order valence-electron chi connectivity index (χ1n) is 8.52. The second-order valence-electron chi connectivity index (χ2n) is 5.89. The summed E-state index contributed by atoms with van der Waals surface area (Å²) < 4.78 is 0. The van der Waals surface area contributed by atoms with Crippen LogP contribution in [-0.4, -0.2) is 61.9 Å². The molecular formula is C15H34N6O2S. The van der Waals surface area contributed by atoms with E-state index >= 15 is 0 Å². The van der Waals surface area contributed by atoms with Gasteiger partial charge in [0.2, 0.25) is 11.8 Å². The molecule has 0 aromatic rings. The van der Waals surface area contributed by atoms with Crippen molar-refractivity contribution < 1.29 is 9.59 Å². The highest BCUT2D eigenvalue weighted by Gasteiger charge is 2.12. The predicted octanol–water partition coefficient (Wildman–Crippen LogP) is -1.70. The minimum atomic E-state index is -0.349. The summed E-state index contributed by atoms with van der Waals surface area (Å²) in [5, 5.41) is 8.51. The Morgan fingerprint density at radius 3 is 2.38 bits per heavy atom. The van der Waals surface area contributed by atoms with Gasteiger partial charge in [-0.05, 0) is 39.3 Å². The van der Waals surface area contributed by atoms with Crippen molar-refractivity contribution in [3.8, 4) is 0 Å². The van der Waals surface area contributed by atoms with Crippen LogP contribution in [0.3, 0.4) is 0 Å². The molecule has 0 radical (unpaired) electrons. The van der Waals surface area contributed by atoms with Gasteiger partial charge in [0.1, 0.15) is 0 Å². The van der Waals surface area contributed by atoms with Crippen molar-refractivity contribution in [1.82, 2.24) is 16.0 Å². The van der Waals surface area contributed by atoms with Crippen molar-refractivity contribution in [1.29, 1.82) is 0 Å². The van der Waals surface area contributed by atoms with Gasteiger partial charge in [0, 0.05) is 38.1 Å². The zero-order valence-corrected chi connectivity index (χ0v) is 15.5. The first kappa shape index (κ1) is 23.1. The molecule has 3 atom stereocenters. The van der Waals surface area contributed by atoms with Crippen molar-refractivity contribution in [3.63, 3.8) is 0 Å². The van der Waals surface area contributed by atoms with Gasteiger partial charge < -0.3 is 33.2 Å². The van der Waals surface area contributed by atoms with E-state index < -0.39 is 0 Å². The maximum atomic E-state index is 11.8. The van der Waals surface area contributed by atoms with Gasteiger partial charge in [-0.1, -0.05) is 0 Å². The molecule has 0 bridgehead atoms. The first-order valence-corrected chi connectivity index (χ1v) is 9.03. The Morgan fingerprint density at radius 2 is 1.79 bits per heavy atom. The highest BCUT2D eigenvalue weighted by molar-refractivity contribution is 7.81. The molecule has 0 aliphatic carbocycles. The fraction of sp³-hybridized carbons (Fsp3) is 0.867. The number of thiol groups is 1. The minimum Gasteiger partial charge on any atom is -0.355 e. The van der Waals surface area contributed by atoms with E-state index in [1.807, 2.05) is 0 Å². The van der Waals surface area contributed by atoms with Crippen LogP contribution in [0, 0.1) is 0 Å². The molecule has 0 aromatic heterocycles. The third kappa shape index (κ3) is 12.5. The summed E-state index contributed by atoms with van der Waals surface area (Å²) in [4.78, 5) is 23.3. The van der Waals surface area contributed by atoms with E-state index in [9.17, 15) is 9.59 Å². The molecule has 2 amide bonds. The number of hydrogen-bond acceptors (Lipinski definition) is 7. The summed E-state index contributed by atoms with van der Waals surface area (Å²) in [6.07, 6.45) is 2.72. The van der Waals surface area contributed by atoms with Gasteiger partial charge in [-0.25, -0.2) is 0 Å². The van der Waals surface area contributed by atoms with E-state index in [2.05, 4.69) is 28.6 Å². The van der Waals surface area contributed by atoms with Crippen molar-refractivity contribution in [2.24, 2.45) is 17.2 Å². The van der Waals surface area contributed by atoms with Crippen LogP contribution in [0.15, 0.2) is 0 Å². The smallest absolute Gasteiger partial charge is 0.232 e. The lowest BCUT2D eigenvalue weighted by Crippen LogP contribution is -2.45. The molecule has 0 saturated heterocycles. The molecule has 0 aliphatic heterocycles. The molecule has 24 heavy (non-hydrogen) atoms. The highest BCUT2D eigenvalue weighted by atomic mass is 32.1. The van der Waals surface area contributed by atoms with E-state index in [1.54, 1.807) is 6.92 Å². The average molecular weight is 363 g/mol. The summed E-state index contributed by atoms with van der Waals surface area (Å²) in [6.45, 7) is 4.27. The molecule has 0 fully saturated rings. The van der Waals surface area contributed by atoms with Crippen LogP contribution < -0.4 is 33.2 Å². The van der Waals surface area contributed by atoms with Crippen LogP contribution in [0.5, 0.6) is 0 Å². The minimum absolute atomic E-state index is 0.0330. The van der Waals surface area contributed by atoms with E-state index in [4.69, 9.17) is 17.2 Å². The number of carbonyl (C=O) groups is 2. The fourth-order valence-corrected chi connectivity index (χ4v) is 2.15. The summed E-state index contributed by atoms with van der Waals surface area (Å²) in [7, 11) is 0. The molecule has 0 rings (SSSR count). The van der Waals surface area contributed by atoms with Gasteiger partial charge in [0.25, 0.3) is 0 Å². The molecule has 0 heterocycles. The normalized spacial score (nSPS) is 14.7. The predicted molar refractivity (Wildman–Crippen MR) is 101 cm³/mol. The lowest BCUT2D eigenvalue weighted by atomic mass is 10.1. The van der Waals surface area contributed by atoms with Crippen molar-refractivity contribution in [3.05, 3.63) is 0 Å². The maximum absolute atomic E-state index is 11.8.